The summed E-state index contributed by atoms with van der Waals surface area (Å²) in [6, 6.07) is 3.55. The fraction of sp³-hybridized carbons (Fsp3) is 0.429. The molecule has 0 saturated carbocycles. The summed E-state index contributed by atoms with van der Waals surface area (Å²) in [5, 5.41) is 8.80. The average molecular weight is 265 g/mol. The molecule has 0 unspecified atom stereocenters. The molecule has 0 radical (unpaired) electrons. The summed E-state index contributed by atoms with van der Waals surface area (Å²) < 4.78 is 5.30. The van der Waals surface area contributed by atoms with Crippen LogP contribution >= 0.6 is 0 Å². The van der Waals surface area contributed by atoms with E-state index in [4.69, 9.17) is 9.52 Å². The van der Waals surface area contributed by atoms with E-state index in [9.17, 15) is 9.59 Å². The molecule has 0 fully saturated rings. The predicted octanol–water partition coefficient (Wildman–Crippen LogP) is 2.17. The van der Waals surface area contributed by atoms with Gasteiger partial charge in [-0.25, -0.2) is 0 Å². The largest absolute Gasteiger partial charge is 0.480 e. The molecule has 5 nitrogen and oxygen atoms in total. The summed E-state index contributed by atoms with van der Waals surface area (Å²) in [7, 11) is 0. The second-order valence-electron chi connectivity index (χ2n) is 4.79. The van der Waals surface area contributed by atoms with Crippen LogP contribution in [0.5, 0.6) is 0 Å². The molecule has 1 rings (SSSR count). The lowest BCUT2D eigenvalue weighted by Gasteiger charge is -2.20. The van der Waals surface area contributed by atoms with Gasteiger partial charge in [0.25, 0.3) is 0 Å². The summed E-state index contributed by atoms with van der Waals surface area (Å²) in [4.78, 5) is 24.0. The highest BCUT2D eigenvalue weighted by Gasteiger charge is 2.15. The molecule has 0 aromatic carbocycles. The van der Waals surface area contributed by atoms with Crippen molar-refractivity contribution >= 4 is 18.0 Å². The smallest absolute Gasteiger partial charge is 0.323 e. The molecule has 19 heavy (non-hydrogen) atoms. The van der Waals surface area contributed by atoms with Crippen LogP contribution in [0.3, 0.4) is 0 Å². The van der Waals surface area contributed by atoms with E-state index in [1.54, 1.807) is 18.2 Å². The van der Waals surface area contributed by atoms with Crippen molar-refractivity contribution in [3.05, 3.63) is 29.7 Å². The van der Waals surface area contributed by atoms with E-state index in [1.165, 1.54) is 11.0 Å². The summed E-state index contributed by atoms with van der Waals surface area (Å²) in [6.45, 7) is 5.79. The normalized spacial score (nSPS) is 11.2. The Labute approximate surface area is 112 Å². The minimum absolute atomic E-state index is 0.211. The first-order valence-corrected chi connectivity index (χ1v) is 6.13. The summed E-state index contributed by atoms with van der Waals surface area (Å²) in [5.41, 5.74) is 0. The van der Waals surface area contributed by atoms with Crippen molar-refractivity contribution in [1.29, 1.82) is 0 Å². The highest BCUT2D eigenvalue weighted by molar-refractivity contribution is 5.93. The zero-order chi connectivity index (χ0) is 14.4. The van der Waals surface area contributed by atoms with Gasteiger partial charge in [0, 0.05) is 12.6 Å². The van der Waals surface area contributed by atoms with Crippen LogP contribution in [0.2, 0.25) is 0 Å². The van der Waals surface area contributed by atoms with Crippen LogP contribution in [-0.4, -0.2) is 35.0 Å². The number of aryl methyl sites for hydroxylation is 1. The number of aliphatic carboxylic acids is 1. The van der Waals surface area contributed by atoms with Gasteiger partial charge in [-0.1, -0.05) is 13.8 Å². The van der Waals surface area contributed by atoms with Gasteiger partial charge in [0.2, 0.25) is 5.91 Å². The van der Waals surface area contributed by atoms with Gasteiger partial charge >= 0.3 is 5.97 Å². The van der Waals surface area contributed by atoms with Crippen LogP contribution in [0.15, 0.2) is 22.6 Å². The Balaban J connectivity index is 2.70. The predicted molar refractivity (Wildman–Crippen MR) is 71.5 cm³/mol. The molecule has 0 aliphatic heterocycles. The van der Waals surface area contributed by atoms with E-state index >= 15 is 0 Å². The summed E-state index contributed by atoms with van der Waals surface area (Å²) in [5.74, 6) is 0.200. The Kier molecular flexibility index (Phi) is 5.36. The number of carbonyl (C=O) groups is 2. The highest BCUT2D eigenvalue weighted by Crippen LogP contribution is 2.08. The minimum atomic E-state index is -1.02. The second kappa shape index (κ2) is 6.78. The fourth-order valence-electron chi connectivity index (χ4n) is 1.64. The van der Waals surface area contributed by atoms with Gasteiger partial charge in [0.05, 0.1) is 0 Å². The van der Waals surface area contributed by atoms with Gasteiger partial charge in [-0.15, -0.1) is 0 Å². The van der Waals surface area contributed by atoms with E-state index in [-0.39, 0.29) is 18.4 Å². The Bertz CT molecular complexity index is 474. The van der Waals surface area contributed by atoms with Crippen LogP contribution < -0.4 is 0 Å². The Hall–Kier alpha value is -2.04. The van der Waals surface area contributed by atoms with Gasteiger partial charge in [-0.05, 0) is 31.1 Å². The van der Waals surface area contributed by atoms with Gasteiger partial charge < -0.3 is 14.4 Å². The average Bonchev–Trinajstić information content (AvgIpc) is 2.70. The Morgan fingerprint density at radius 1 is 1.42 bits per heavy atom. The molecule has 0 bridgehead atoms. The SMILES string of the molecule is Cc1ccc(/C=C/C(=O)N(CC(=O)O)CC(C)C)o1. The number of carboxylic acids is 1. The maximum atomic E-state index is 11.9. The molecule has 5 heteroatoms. The van der Waals surface area contributed by atoms with E-state index < -0.39 is 5.97 Å². The molecule has 1 N–H and O–H groups in total. The van der Waals surface area contributed by atoms with E-state index in [1.807, 2.05) is 20.8 Å². The van der Waals surface area contributed by atoms with E-state index in [0.29, 0.717) is 12.3 Å². The van der Waals surface area contributed by atoms with Crippen LogP contribution in [0, 0.1) is 12.8 Å². The zero-order valence-corrected chi connectivity index (χ0v) is 11.4. The molecule has 0 aliphatic rings. The number of hydrogen-bond donors (Lipinski definition) is 1. The van der Waals surface area contributed by atoms with Gasteiger partial charge in [-0.2, -0.15) is 0 Å². The molecule has 1 aromatic heterocycles. The second-order valence-corrected chi connectivity index (χ2v) is 4.79. The van der Waals surface area contributed by atoms with Gasteiger partial charge in [-0.3, -0.25) is 9.59 Å². The number of nitrogens with zero attached hydrogens (tertiary/aromatic N) is 1. The lowest BCUT2D eigenvalue weighted by molar-refractivity contribution is -0.143. The molecule has 1 heterocycles. The van der Waals surface area contributed by atoms with Crippen LogP contribution in [0.1, 0.15) is 25.4 Å². The molecule has 0 aliphatic carbocycles. The number of hydrogen-bond acceptors (Lipinski definition) is 3. The Morgan fingerprint density at radius 3 is 2.58 bits per heavy atom. The third-order valence-electron chi connectivity index (χ3n) is 2.37. The van der Waals surface area contributed by atoms with Crippen molar-refractivity contribution in [3.8, 4) is 0 Å². The fourth-order valence-corrected chi connectivity index (χ4v) is 1.64. The third-order valence-corrected chi connectivity index (χ3v) is 2.37. The van der Waals surface area contributed by atoms with Crippen molar-refractivity contribution in [3.63, 3.8) is 0 Å². The highest BCUT2D eigenvalue weighted by atomic mass is 16.4. The number of carboxylic acid groups (broad SMARTS) is 1. The maximum Gasteiger partial charge on any atom is 0.323 e. The number of amides is 1. The first-order valence-electron chi connectivity index (χ1n) is 6.13. The molecule has 1 aromatic rings. The first-order chi connectivity index (χ1) is 8.88. The van der Waals surface area contributed by atoms with Crippen molar-refractivity contribution in [2.45, 2.75) is 20.8 Å². The number of rotatable bonds is 6. The van der Waals surface area contributed by atoms with E-state index in [2.05, 4.69) is 0 Å². The maximum absolute atomic E-state index is 11.9. The molecule has 0 saturated heterocycles. The molecule has 1 amide bonds. The number of furan rings is 1. The monoisotopic (exact) mass is 265 g/mol. The quantitative estimate of drug-likeness (QED) is 0.800. The molecule has 0 spiro atoms. The van der Waals surface area contributed by atoms with E-state index in [0.717, 1.165) is 5.76 Å². The van der Waals surface area contributed by atoms with Crippen molar-refractivity contribution in [2.24, 2.45) is 5.92 Å². The third kappa shape index (κ3) is 5.42. The molecular weight excluding hydrogens is 246 g/mol. The minimum Gasteiger partial charge on any atom is -0.480 e. The van der Waals surface area contributed by atoms with Crippen LogP contribution in [0.25, 0.3) is 6.08 Å². The number of carbonyl (C=O) groups excluding carboxylic acids is 1. The first kappa shape index (κ1) is 15.0. The topological polar surface area (TPSA) is 70.8 Å². The lowest BCUT2D eigenvalue weighted by Crippen LogP contribution is -2.37. The molecule has 104 valence electrons. The Morgan fingerprint density at radius 2 is 2.11 bits per heavy atom. The van der Waals surface area contributed by atoms with Crippen LogP contribution in [0.4, 0.5) is 0 Å². The van der Waals surface area contributed by atoms with Crippen molar-refractivity contribution in [1.82, 2.24) is 4.90 Å². The summed E-state index contributed by atoms with van der Waals surface area (Å²) in [6.07, 6.45) is 2.88. The van der Waals surface area contributed by atoms with Crippen molar-refractivity contribution < 1.29 is 19.1 Å². The van der Waals surface area contributed by atoms with Crippen molar-refractivity contribution in [2.75, 3.05) is 13.1 Å². The molecular formula is C14H19NO4. The van der Waals surface area contributed by atoms with Gasteiger partial charge in [0.15, 0.2) is 0 Å². The zero-order valence-electron chi connectivity index (χ0n) is 11.4. The standard InChI is InChI=1S/C14H19NO4/c1-10(2)8-15(9-14(17)18)13(16)7-6-12-5-4-11(3)19-12/h4-7,10H,8-9H2,1-3H3,(H,17,18)/b7-6+. The lowest BCUT2D eigenvalue weighted by atomic mass is 10.2. The van der Waals surface area contributed by atoms with Crippen LogP contribution in [-0.2, 0) is 9.59 Å². The summed E-state index contributed by atoms with van der Waals surface area (Å²) >= 11 is 0. The molecule has 0 atom stereocenters. The van der Waals surface area contributed by atoms with Gasteiger partial charge in [0.1, 0.15) is 18.1 Å².